The van der Waals surface area contributed by atoms with Crippen molar-refractivity contribution in [3.63, 3.8) is 0 Å². The number of benzene rings is 1. The standard InChI is InChI=1S/C17H18N4O4S/c22-15(12-1-2-14-11(9-12)3-6-25-14)19-20-16(23)13-10-26-17(18-13)21-4-7-24-8-5-21/h1-2,9-10H,3-8H2,(H,19,22)(H,20,23). The van der Waals surface area contributed by atoms with E-state index in [0.717, 1.165) is 36.0 Å². The third kappa shape index (κ3) is 3.49. The minimum atomic E-state index is -0.446. The molecule has 0 bridgehead atoms. The van der Waals surface area contributed by atoms with E-state index in [1.807, 2.05) is 0 Å². The maximum atomic E-state index is 12.2. The minimum Gasteiger partial charge on any atom is -0.493 e. The van der Waals surface area contributed by atoms with Crippen LogP contribution in [0.1, 0.15) is 26.4 Å². The van der Waals surface area contributed by atoms with E-state index in [-0.39, 0.29) is 11.6 Å². The molecule has 2 amide bonds. The fourth-order valence-electron chi connectivity index (χ4n) is 2.85. The van der Waals surface area contributed by atoms with Gasteiger partial charge in [-0.15, -0.1) is 11.3 Å². The molecule has 9 heteroatoms. The molecule has 0 radical (unpaired) electrons. The molecule has 1 saturated heterocycles. The van der Waals surface area contributed by atoms with Gasteiger partial charge in [0.2, 0.25) is 0 Å². The molecular weight excluding hydrogens is 356 g/mol. The van der Waals surface area contributed by atoms with E-state index in [0.29, 0.717) is 25.4 Å². The predicted octanol–water partition coefficient (Wildman–Crippen LogP) is 0.989. The van der Waals surface area contributed by atoms with E-state index in [4.69, 9.17) is 9.47 Å². The van der Waals surface area contributed by atoms with E-state index < -0.39 is 5.91 Å². The van der Waals surface area contributed by atoms with Gasteiger partial charge >= 0.3 is 0 Å². The molecule has 0 spiro atoms. The van der Waals surface area contributed by atoms with Crippen LogP contribution in [-0.4, -0.2) is 49.7 Å². The van der Waals surface area contributed by atoms with E-state index >= 15 is 0 Å². The average Bonchev–Trinajstić information content (AvgIpc) is 3.35. The summed E-state index contributed by atoms with van der Waals surface area (Å²) >= 11 is 1.40. The zero-order chi connectivity index (χ0) is 17.9. The number of thiazole rings is 1. The van der Waals surface area contributed by atoms with E-state index in [1.165, 1.54) is 11.3 Å². The molecule has 2 aliphatic heterocycles. The van der Waals surface area contributed by atoms with Gasteiger partial charge in [0.05, 0.1) is 19.8 Å². The van der Waals surface area contributed by atoms with Crippen LogP contribution in [0.4, 0.5) is 5.13 Å². The monoisotopic (exact) mass is 374 g/mol. The molecule has 0 aliphatic carbocycles. The highest BCUT2D eigenvalue weighted by molar-refractivity contribution is 7.13. The third-order valence-corrected chi connectivity index (χ3v) is 5.15. The number of hydrogen-bond acceptors (Lipinski definition) is 7. The first-order valence-electron chi connectivity index (χ1n) is 8.35. The van der Waals surface area contributed by atoms with Gasteiger partial charge in [0, 0.05) is 30.5 Å². The van der Waals surface area contributed by atoms with Gasteiger partial charge in [-0.1, -0.05) is 0 Å². The topological polar surface area (TPSA) is 92.8 Å². The molecule has 0 unspecified atom stereocenters. The second-order valence-corrected chi connectivity index (χ2v) is 6.78. The summed E-state index contributed by atoms with van der Waals surface area (Å²) in [7, 11) is 0. The lowest BCUT2D eigenvalue weighted by Crippen LogP contribution is -2.42. The summed E-state index contributed by atoms with van der Waals surface area (Å²) in [4.78, 5) is 30.9. The van der Waals surface area contributed by atoms with Crippen LogP contribution in [0, 0.1) is 0 Å². The van der Waals surface area contributed by atoms with Gasteiger partial charge in [-0.25, -0.2) is 4.98 Å². The Morgan fingerprint density at radius 3 is 2.77 bits per heavy atom. The van der Waals surface area contributed by atoms with Crippen LogP contribution in [-0.2, 0) is 11.2 Å². The molecule has 2 aromatic rings. The molecule has 0 atom stereocenters. The maximum Gasteiger partial charge on any atom is 0.289 e. The van der Waals surface area contributed by atoms with Crippen LogP contribution >= 0.6 is 11.3 Å². The number of nitrogens with one attached hydrogen (secondary N) is 2. The number of anilines is 1. The quantitative estimate of drug-likeness (QED) is 0.779. The van der Waals surface area contributed by atoms with E-state index in [2.05, 4.69) is 20.7 Å². The second kappa shape index (κ2) is 7.30. The Kier molecular flexibility index (Phi) is 4.72. The lowest BCUT2D eigenvalue weighted by Gasteiger charge is -2.25. The number of carbonyl (C=O) groups is 2. The van der Waals surface area contributed by atoms with Crippen molar-refractivity contribution in [2.45, 2.75) is 6.42 Å². The van der Waals surface area contributed by atoms with Gasteiger partial charge in [-0.3, -0.25) is 20.4 Å². The van der Waals surface area contributed by atoms with Gasteiger partial charge in [-0.05, 0) is 23.8 Å². The highest BCUT2D eigenvalue weighted by atomic mass is 32.1. The normalized spacial score (nSPS) is 15.9. The summed E-state index contributed by atoms with van der Waals surface area (Å²) in [6.45, 7) is 3.46. The van der Waals surface area contributed by atoms with Crippen molar-refractivity contribution < 1.29 is 19.1 Å². The number of rotatable bonds is 3. The molecule has 2 aliphatic rings. The summed E-state index contributed by atoms with van der Waals surface area (Å²) < 4.78 is 10.7. The number of fused-ring (bicyclic) bond motifs is 1. The molecule has 3 heterocycles. The van der Waals surface area contributed by atoms with Gasteiger partial charge in [-0.2, -0.15) is 0 Å². The van der Waals surface area contributed by atoms with Crippen LogP contribution in [0.15, 0.2) is 23.6 Å². The SMILES string of the molecule is O=C(NNC(=O)c1csc(N2CCOCC2)n1)c1ccc2c(c1)CCO2. The van der Waals surface area contributed by atoms with Gasteiger partial charge in [0.15, 0.2) is 5.13 Å². The first kappa shape index (κ1) is 16.8. The molecule has 2 N–H and O–H groups in total. The number of carbonyl (C=O) groups excluding carboxylic acids is 2. The van der Waals surface area contributed by atoms with Crippen molar-refractivity contribution in [1.82, 2.24) is 15.8 Å². The molecule has 8 nitrogen and oxygen atoms in total. The summed E-state index contributed by atoms with van der Waals surface area (Å²) in [5, 5.41) is 2.46. The van der Waals surface area contributed by atoms with Crippen LogP contribution in [0.2, 0.25) is 0 Å². The van der Waals surface area contributed by atoms with Crippen LogP contribution in [0.25, 0.3) is 0 Å². The van der Waals surface area contributed by atoms with E-state index in [9.17, 15) is 9.59 Å². The summed E-state index contributed by atoms with van der Waals surface area (Å²) in [5.41, 5.74) is 6.59. The fraction of sp³-hybridized carbons (Fsp3) is 0.353. The first-order valence-corrected chi connectivity index (χ1v) is 9.23. The molecular formula is C17H18N4O4S. The van der Waals surface area contributed by atoms with Crippen molar-refractivity contribution in [2.24, 2.45) is 0 Å². The maximum absolute atomic E-state index is 12.2. The van der Waals surface area contributed by atoms with E-state index in [1.54, 1.807) is 23.6 Å². The zero-order valence-corrected chi connectivity index (χ0v) is 14.8. The Bertz CT molecular complexity index is 832. The predicted molar refractivity (Wildman–Crippen MR) is 95.7 cm³/mol. The number of ether oxygens (including phenoxy) is 2. The zero-order valence-electron chi connectivity index (χ0n) is 14.0. The highest BCUT2D eigenvalue weighted by Gasteiger charge is 2.19. The van der Waals surface area contributed by atoms with Gasteiger partial charge in [0.1, 0.15) is 11.4 Å². The lowest BCUT2D eigenvalue weighted by atomic mass is 10.1. The molecule has 1 aromatic heterocycles. The molecule has 1 aromatic carbocycles. The first-order chi connectivity index (χ1) is 12.7. The molecule has 1 fully saturated rings. The lowest BCUT2D eigenvalue weighted by molar-refractivity contribution is 0.0844. The Hall–Kier alpha value is -2.65. The van der Waals surface area contributed by atoms with Crippen LogP contribution in [0.3, 0.4) is 0 Å². The second-order valence-electron chi connectivity index (χ2n) is 5.94. The Balaban J connectivity index is 1.35. The summed E-state index contributed by atoms with van der Waals surface area (Å²) in [5.74, 6) is -0.0148. The molecule has 0 saturated carbocycles. The Morgan fingerprint density at radius 1 is 1.12 bits per heavy atom. The van der Waals surface area contributed by atoms with Gasteiger partial charge in [0.25, 0.3) is 11.8 Å². The fourth-order valence-corrected chi connectivity index (χ4v) is 3.71. The van der Waals surface area contributed by atoms with Crippen molar-refractivity contribution in [1.29, 1.82) is 0 Å². The summed E-state index contributed by atoms with van der Waals surface area (Å²) in [6, 6.07) is 5.22. The third-order valence-electron chi connectivity index (χ3n) is 4.25. The minimum absolute atomic E-state index is 0.277. The van der Waals surface area contributed by atoms with Crippen molar-refractivity contribution in [2.75, 3.05) is 37.8 Å². The number of hydrogen-bond donors (Lipinski definition) is 2. The number of morpholine rings is 1. The summed E-state index contributed by atoms with van der Waals surface area (Å²) in [6.07, 6.45) is 0.784. The Labute approximate surface area is 154 Å². The van der Waals surface area contributed by atoms with Crippen LogP contribution < -0.4 is 20.5 Å². The Morgan fingerprint density at radius 2 is 1.92 bits per heavy atom. The number of amides is 2. The van der Waals surface area contributed by atoms with Crippen molar-refractivity contribution >= 4 is 28.3 Å². The number of aromatic nitrogens is 1. The average molecular weight is 374 g/mol. The van der Waals surface area contributed by atoms with Crippen molar-refractivity contribution in [3.8, 4) is 5.75 Å². The van der Waals surface area contributed by atoms with Crippen LogP contribution in [0.5, 0.6) is 5.75 Å². The molecule has 136 valence electrons. The molecule has 4 rings (SSSR count). The van der Waals surface area contributed by atoms with Gasteiger partial charge < -0.3 is 14.4 Å². The smallest absolute Gasteiger partial charge is 0.289 e. The van der Waals surface area contributed by atoms with Crippen molar-refractivity contribution in [3.05, 3.63) is 40.4 Å². The number of hydrazine groups is 1. The molecule has 26 heavy (non-hydrogen) atoms. The largest absolute Gasteiger partial charge is 0.493 e. The number of nitrogens with zero attached hydrogens (tertiary/aromatic N) is 2. The highest BCUT2D eigenvalue weighted by Crippen LogP contribution is 2.25.